The van der Waals surface area contributed by atoms with E-state index >= 15 is 0 Å². The standard InChI is InChI=1S/C19H21ClN2O3/c1-4-9-25-19-15(20)10-14(11-16(19)24-3)6-8-18(23)22-17-7-5-13(2)12-21-17/h5-8,10-12H,4,9H2,1-3H3,(H,21,22,23)/b8-6+. The van der Waals surface area contributed by atoms with Crippen molar-refractivity contribution in [1.29, 1.82) is 0 Å². The molecule has 5 nitrogen and oxygen atoms in total. The Morgan fingerprint density at radius 2 is 2.16 bits per heavy atom. The molecule has 0 aliphatic rings. The summed E-state index contributed by atoms with van der Waals surface area (Å²) in [6.45, 7) is 4.50. The van der Waals surface area contributed by atoms with E-state index in [4.69, 9.17) is 21.1 Å². The number of hydrogen-bond acceptors (Lipinski definition) is 4. The molecule has 1 aromatic carbocycles. The number of ether oxygens (including phenoxy) is 2. The van der Waals surface area contributed by atoms with Gasteiger partial charge in [-0.1, -0.05) is 24.6 Å². The van der Waals surface area contributed by atoms with Gasteiger partial charge in [0.2, 0.25) is 5.91 Å². The van der Waals surface area contributed by atoms with Crippen molar-refractivity contribution in [2.24, 2.45) is 0 Å². The molecule has 2 aromatic rings. The van der Waals surface area contributed by atoms with Crippen LogP contribution in [0, 0.1) is 6.92 Å². The predicted octanol–water partition coefficient (Wildman–Crippen LogP) is 4.49. The number of nitrogens with zero attached hydrogens (tertiary/aromatic N) is 1. The van der Waals surface area contributed by atoms with Crippen LogP contribution in [0.2, 0.25) is 5.02 Å². The number of halogens is 1. The lowest BCUT2D eigenvalue weighted by Crippen LogP contribution is -2.09. The summed E-state index contributed by atoms with van der Waals surface area (Å²) in [5.74, 6) is 1.26. The second kappa shape index (κ2) is 9.08. The van der Waals surface area contributed by atoms with Crippen molar-refractivity contribution in [1.82, 2.24) is 4.98 Å². The molecule has 6 heteroatoms. The van der Waals surface area contributed by atoms with Gasteiger partial charge in [-0.2, -0.15) is 0 Å². The molecule has 1 aromatic heterocycles. The van der Waals surface area contributed by atoms with E-state index in [2.05, 4.69) is 10.3 Å². The Hall–Kier alpha value is -2.53. The lowest BCUT2D eigenvalue weighted by atomic mass is 10.2. The van der Waals surface area contributed by atoms with Crippen LogP contribution in [0.3, 0.4) is 0 Å². The molecule has 0 aliphatic carbocycles. The monoisotopic (exact) mass is 360 g/mol. The number of benzene rings is 1. The zero-order chi connectivity index (χ0) is 18.2. The zero-order valence-corrected chi connectivity index (χ0v) is 15.3. The van der Waals surface area contributed by atoms with E-state index in [0.717, 1.165) is 17.5 Å². The number of aromatic nitrogens is 1. The summed E-state index contributed by atoms with van der Waals surface area (Å²) in [4.78, 5) is 16.1. The summed E-state index contributed by atoms with van der Waals surface area (Å²) < 4.78 is 10.9. The van der Waals surface area contributed by atoms with E-state index in [1.807, 2.05) is 19.9 Å². The number of pyridine rings is 1. The van der Waals surface area contributed by atoms with E-state index in [-0.39, 0.29) is 5.91 Å². The lowest BCUT2D eigenvalue weighted by Gasteiger charge is -2.12. The molecule has 0 unspecified atom stereocenters. The maximum absolute atomic E-state index is 12.0. The van der Waals surface area contributed by atoms with E-state index in [1.165, 1.54) is 6.08 Å². The highest BCUT2D eigenvalue weighted by atomic mass is 35.5. The van der Waals surface area contributed by atoms with Crippen molar-refractivity contribution in [2.75, 3.05) is 19.0 Å². The summed E-state index contributed by atoms with van der Waals surface area (Å²) in [6.07, 6.45) is 5.63. The number of anilines is 1. The SMILES string of the molecule is CCCOc1c(Cl)cc(/C=C/C(=O)Nc2ccc(C)cn2)cc1OC. The summed E-state index contributed by atoms with van der Waals surface area (Å²) in [5.41, 5.74) is 1.76. The average Bonchev–Trinajstić information content (AvgIpc) is 2.60. The third kappa shape index (κ3) is 5.50. The Labute approximate surface area is 152 Å². The van der Waals surface area contributed by atoms with Gasteiger partial charge in [0.05, 0.1) is 18.7 Å². The second-order valence-corrected chi connectivity index (χ2v) is 5.83. The van der Waals surface area contributed by atoms with Crippen LogP contribution in [0.5, 0.6) is 11.5 Å². The van der Waals surface area contributed by atoms with Gasteiger partial charge < -0.3 is 14.8 Å². The molecule has 0 saturated carbocycles. The van der Waals surface area contributed by atoms with Crippen LogP contribution >= 0.6 is 11.6 Å². The van der Waals surface area contributed by atoms with Crippen molar-refractivity contribution in [3.05, 3.63) is 52.7 Å². The molecule has 0 radical (unpaired) electrons. The van der Waals surface area contributed by atoms with Gasteiger partial charge in [0.25, 0.3) is 0 Å². The summed E-state index contributed by atoms with van der Waals surface area (Å²) in [5, 5.41) is 3.13. The van der Waals surface area contributed by atoms with Crippen LogP contribution in [-0.2, 0) is 4.79 Å². The molecule has 0 fully saturated rings. The molecule has 1 amide bonds. The van der Waals surface area contributed by atoms with Crippen molar-refractivity contribution in [3.8, 4) is 11.5 Å². The Balaban J connectivity index is 2.10. The van der Waals surface area contributed by atoms with Gasteiger partial charge in [-0.25, -0.2) is 4.98 Å². The first-order chi connectivity index (χ1) is 12.0. The third-order valence-electron chi connectivity index (χ3n) is 3.29. The van der Waals surface area contributed by atoms with Gasteiger partial charge in [0.15, 0.2) is 11.5 Å². The maximum Gasteiger partial charge on any atom is 0.249 e. The fourth-order valence-corrected chi connectivity index (χ4v) is 2.34. The summed E-state index contributed by atoms with van der Waals surface area (Å²) >= 11 is 6.26. The normalized spacial score (nSPS) is 10.7. The summed E-state index contributed by atoms with van der Waals surface area (Å²) in [7, 11) is 1.55. The zero-order valence-electron chi connectivity index (χ0n) is 14.5. The number of nitrogens with one attached hydrogen (secondary N) is 1. The molecule has 0 aliphatic heterocycles. The van der Waals surface area contributed by atoms with Gasteiger partial charge in [-0.15, -0.1) is 0 Å². The number of methoxy groups -OCH3 is 1. The van der Waals surface area contributed by atoms with Crippen molar-refractivity contribution in [3.63, 3.8) is 0 Å². The van der Waals surface area contributed by atoms with E-state index < -0.39 is 0 Å². The third-order valence-corrected chi connectivity index (χ3v) is 3.57. The van der Waals surface area contributed by atoms with Crippen LogP contribution in [0.4, 0.5) is 5.82 Å². The summed E-state index contributed by atoms with van der Waals surface area (Å²) in [6, 6.07) is 7.13. The number of carbonyl (C=O) groups is 1. The molecule has 0 atom stereocenters. The highest BCUT2D eigenvalue weighted by molar-refractivity contribution is 6.32. The van der Waals surface area contributed by atoms with Gasteiger partial charge in [0, 0.05) is 12.3 Å². The molecule has 0 saturated heterocycles. The van der Waals surface area contributed by atoms with Crippen LogP contribution < -0.4 is 14.8 Å². The second-order valence-electron chi connectivity index (χ2n) is 5.43. The van der Waals surface area contributed by atoms with Crippen LogP contribution in [-0.4, -0.2) is 24.6 Å². The van der Waals surface area contributed by atoms with Gasteiger partial charge in [-0.3, -0.25) is 4.79 Å². The largest absolute Gasteiger partial charge is 0.493 e. The molecular formula is C19H21ClN2O3. The topological polar surface area (TPSA) is 60.5 Å². The highest BCUT2D eigenvalue weighted by Gasteiger charge is 2.11. The Bertz CT molecular complexity index is 758. The number of amides is 1. The van der Waals surface area contributed by atoms with Crippen molar-refractivity contribution in [2.45, 2.75) is 20.3 Å². The molecule has 25 heavy (non-hydrogen) atoms. The van der Waals surface area contributed by atoms with Crippen LogP contribution in [0.15, 0.2) is 36.5 Å². The minimum Gasteiger partial charge on any atom is -0.493 e. The Kier molecular flexibility index (Phi) is 6.83. The van der Waals surface area contributed by atoms with Crippen LogP contribution in [0.1, 0.15) is 24.5 Å². The number of aryl methyl sites for hydroxylation is 1. The Morgan fingerprint density at radius 1 is 1.36 bits per heavy atom. The Morgan fingerprint density at radius 3 is 2.80 bits per heavy atom. The van der Waals surface area contributed by atoms with Gasteiger partial charge >= 0.3 is 0 Å². The molecule has 1 heterocycles. The van der Waals surface area contributed by atoms with E-state index in [1.54, 1.807) is 37.6 Å². The molecule has 2 rings (SSSR count). The van der Waals surface area contributed by atoms with Gasteiger partial charge in [0.1, 0.15) is 5.82 Å². The quantitative estimate of drug-likeness (QED) is 0.739. The van der Waals surface area contributed by atoms with E-state index in [0.29, 0.717) is 28.9 Å². The van der Waals surface area contributed by atoms with E-state index in [9.17, 15) is 4.79 Å². The smallest absolute Gasteiger partial charge is 0.249 e. The first kappa shape index (κ1) is 18.8. The number of carbonyl (C=O) groups excluding carboxylic acids is 1. The molecule has 0 spiro atoms. The van der Waals surface area contributed by atoms with Gasteiger partial charge in [-0.05, 0) is 48.7 Å². The number of rotatable bonds is 7. The first-order valence-electron chi connectivity index (χ1n) is 7.95. The number of hydrogen-bond donors (Lipinski definition) is 1. The van der Waals surface area contributed by atoms with Crippen LogP contribution in [0.25, 0.3) is 6.08 Å². The first-order valence-corrected chi connectivity index (χ1v) is 8.33. The van der Waals surface area contributed by atoms with Crippen molar-refractivity contribution < 1.29 is 14.3 Å². The molecule has 1 N–H and O–H groups in total. The molecule has 132 valence electrons. The predicted molar refractivity (Wildman–Crippen MR) is 100 cm³/mol. The maximum atomic E-state index is 12.0. The molecular weight excluding hydrogens is 340 g/mol. The fraction of sp³-hybridized carbons (Fsp3) is 0.263. The highest BCUT2D eigenvalue weighted by Crippen LogP contribution is 2.36. The minimum atomic E-state index is -0.280. The average molecular weight is 361 g/mol. The molecule has 0 bridgehead atoms. The lowest BCUT2D eigenvalue weighted by molar-refractivity contribution is -0.111. The van der Waals surface area contributed by atoms with Crippen molar-refractivity contribution >= 4 is 29.4 Å². The minimum absolute atomic E-state index is 0.280. The fourth-order valence-electron chi connectivity index (χ4n) is 2.06.